The van der Waals surface area contributed by atoms with Gasteiger partial charge in [0.25, 0.3) is 0 Å². The summed E-state index contributed by atoms with van der Waals surface area (Å²) in [7, 11) is 0. The number of likely N-dealkylation sites (tertiary alicyclic amines) is 1. The molecule has 0 unspecified atom stereocenters. The predicted molar refractivity (Wildman–Crippen MR) is 82.5 cm³/mol. The van der Waals surface area contributed by atoms with Crippen LogP contribution in [0.5, 0.6) is 0 Å². The van der Waals surface area contributed by atoms with Gasteiger partial charge in [0.15, 0.2) is 5.78 Å². The second-order valence-electron chi connectivity index (χ2n) is 5.57. The number of carbonyl (C=O) groups excluding carboxylic acids is 1. The zero-order valence-corrected chi connectivity index (χ0v) is 12.0. The van der Waals surface area contributed by atoms with Gasteiger partial charge in [0, 0.05) is 12.0 Å². The van der Waals surface area contributed by atoms with Crippen LogP contribution in [0.1, 0.15) is 36.0 Å². The summed E-state index contributed by atoms with van der Waals surface area (Å²) in [5.74, 6) is 0.141. The molecule has 2 N–H and O–H groups in total. The van der Waals surface area contributed by atoms with E-state index in [9.17, 15) is 9.59 Å². The minimum Gasteiger partial charge on any atom is -0.306 e. The van der Waals surface area contributed by atoms with Crippen molar-refractivity contribution in [2.45, 2.75) is 25.7 Å². The van der Waals surface area contributed by atoms with Gasteiger partial charge in [-0.1, -0.05) is 0 Å². The number of rotatable bonds is 5. The largest absolute Gasteiger partial charge is 0.323 e. The fraction of sp³-hybridized carbons (Fsp3) is 0.438. The molecule has 1 aromatic heterocycles. The van der Waals surface area contributed by atoms with Crippen molar-refractivity contribution in [3.05, 3.63) is 40.7 Å². The number of carbonyl (C=O) groups is 1. The highest BCUT2D eigenvalue weighted by Crippen LogP contribution is 2.14. The molecule has 0 saturated carbocycles. The maximum absolute atomic E-state index is 12.2. The lowest BCUT2D eigenvalue weighted by Gasteiger charge is -2.25. The Bertz CT molecular complexity index is 680. The van der Waals surface area contributed by atoms with E-state index in [1.165, 1.54) is 0 Å². The number of piperidine rings is 1. The van der Waals surface area contributed by atoms with E-state index in [0.29, 0.717) is 17.5 Å². The van der Waals surface area contributed by atoms with Gasteiger partial charge in [-0.2, -0.15) is 0 Å². The topological polar surface area (TPSA) is 69.0 Å². The van der Waals surface area contributed by atoms with E-state index in [2.05, 4.69) is 21.3 Å². The standard InChI is InChI=1S/C16H20N3O2/c20-15(5-4-10-19-8-2-1-3-9-19)12-6-7-13-14(11-12)18-16(21)17-13/h1,6-7,11H,2-5,8-10H2,(H2,17,18,21). The molecule has 0 bridgehead atoms. The van der Waals surface area contributed by atoms with Crippen molar-refractivity contribution in [2.75, 3.05) is 19.6 Å². The molecule has 21 heavy (non-hydrogen) atoms. The van der Waals surface area contributed by atoms with Gasteiger partial charge >= 0.3 is 5.69 Å². The quantitative estimate of drug-likeness (QED) is 0.827. The summed E-state index contributed by atoms with van der Waals surface area (Å²) in [5, 5.41) is 0. The zero-order valence-electron chi connectivity index (χ0n) is 12.0. The van der Waals surface area contributed by atoms with Crippen LogP contribution >= 0.6 is 0 Å². The van der Waals surface area contributed by atoms with Crippen molar-refractivity contribution < 1.29 is 4.79 Å². The summed E-state index contributed by atoms with van der Waals surface area (Å²) in [4.78, 5) is 31.2. The van der Waals surface area contributed by atoms with Crippen molar-refractivity contribution in [1.29, 1.82) is 0 Å². The van der Waals surface area contributed by atoms with E-state index in [0.717, 1.165) is 44.4 Å². The summed E-state index contributed by atoms with van der Waals surface area (Å²) < 4.78 is 0. The molecule has 1 aliphatic heterocycles. The summed E-state index contributed by atoms with van der Waals surface area (Å²) in [6.07, 6.45) is 6.09. The summed E-state index contributed by atoms with van der Waals surface area (Å²) in [6, 6.07) is 5.32. The highest BCUT2D eigenvalue weighted by Gasteiger charge is 2.12. The number of Topliss-reactive ketones (excluding diaryl/α,β-unsaturated/α-hetero) is 1. The van der Waals surface area contributed by atoms with Crippen LogP contribution in [0.4, 0.5) is 0 Å². The average molecular weight is 286 g/mol. The van der Waals surface area contributed by atoms with Crippen molar-refractivity contribution >= 4 is 16.8 Å². The molecule has 2 heterocycles. The number of hydrogen-bond acceptors (Lipinski definition) is 3. The smallest absolute Gasteiger partial charge is 0.306 e. The first-order valence-electron chi connectivity index (χ1n) is 7.52. The molecule has 2 aromatic rings. The van der Waals surface area contributed by atoms with Crippen LogP contribution in [0.3, 0.4) is 0 Å². The van der Waals surface area contributed by atoms with Crippen LogP contribution < -0.4 is 5.69 Å². The summed E-state index contributed by atoms with van der Waals surface area (Å²) >= 11 is 0. The first-order valence-corrected chi connectivity index (χ1v) is 7.52. The molecule has 0 amide bonds. The van der Waals surface area contributed by atoms with E-state index >= 15 is 0 Å². The number of imidazole rings is 1. The number of ketones is 1. The Morgan fingerprint density at radius 2 is 1.90 bits per heavy atom. The number of fused-ring (bicyclic) bond motifs is 1. The van der Waals surface area contributed by atoms with Gasteiger partial charge in [-0.05, 0) is 63.5 Å². The van der Waals surface area contributed by atoms with E-state index in [1.807, 2.05) is 0 Å². The molecule has 0 atom stereocenters. The first-order chi connectivity index (χ1) is 10.2. The minimum atomic E-state index is -0.239. The summed E-state index contributed by atoms with van der Waals surface area (Å²) in [6.45, 7) is 3.22. The van der Waals surface area contributed by atoms with Crippen molar-refractivity contribution in [3.63, 3.8) is 0 Å². The van der Waals surface area contributed by atoms with Crippen LogP contribution in [0.15, 0.2) is 23.0 Å². The van der Waals surface area contributed by atoms with Gasteiger partial charge in [0.1, 0.15) is 0 Å². The van der Waals surface area contributed by atoms with Crippen LogP contribution in [-0.4, -0.2) is 40.3 Å². The number of H-pyrrole nitrogens is 2. The Kier molecular flexibility index (Phi) is 4.20. The molecular formula is C16H20N3O2. The molecule has 0 aliphatic carbocycles. The molecule has 111 valence electrons. The number of aromatic nitrogens is 2. The molecule has 1 aromatic carbocycles. The fourth-order valence-corrected chi connectivity index (χ4v) is 2.84. The van der Waals surface area contributed by atoms with Crippen molar-refractivity contribution in [1.82, 2.24) is 14.9 Å². The zero-order chi connectivity index (χ0) is 14.7. The SMILES string of the molecule is O=C(CCCN1CC[CH]CC1)c1ccc2[nH]c(=O)[nH]c2c1. The number of nitrogens with zero attached hydrogens (tertiary/aromatic N) is 1. The van der Waals surface area contributed by atoms with Crippen LogP contribution in [0.2, 0.25) is 0 Å². The number of aromatic amines is 2. The lowest BCUT2D eigenvalue weighted by Crippen LogP contribution is -2.31. The second-order valence-corrected chi connectivity index (χ2v) is 5.57. The molecule has 3 rings (SSSR count). The number of hydrogen-bond donors (Lipinski definition) is 2. The first kappa shape index (κ1) is 14.1. The molecular weight excluding hydrogens is 266 g/mol. The Balaban J connectivity index is 1.57. The number of nitrogens with one attached hydrogen (secondary N) is 2. The lowest BCUT2D eigenvalue weighted by atomic mass is 10.1. The molecule has 5 heteroatoms. The van der Waals surface area contributed by atoms with Gasteiger partial charge < -0.3 is 14.9 Å². The van der Waals surface area contributed by atoms with Gasteiger partial charge in [0.2, 0.25) is 0 Å². The third-order valence-electron chi connectivity index (χ3n) is 4.02. The highest BCUT2D eigenvalue weighted by molar-refractivity contribution is 5.98. The molecule has 1 radical (unpaired) electrons. The Labute approximate surface area is 123 Å². The third kappa shape index (κ3) is 3.42. The van der Waals surface area contributed by atoms with Crippen molar-refractivity contribution in [2.24, 2.45) is 0 Å². The monoisotopic (exact) mass is 286 g/mol. The Morgan fingerprint density at radius 1 is 1.14 bits per heavy atom. The van der Waals surface area contributed by atoms with E-state index in [1.54, 1.807) is 18.2 Å². The molecule has 1 saturated heterocycles. The average Bonchev–Trinajstić information content (AvgIpc) is 2.87. The summed E-state index contributed by atoms with van der Waals surface area (Å²) in [5.41, 5.74) is 1.86. The lowest BCUT2D eigenvalue weighted by molar-refractivity contribution is 0.0974. The van der Waals surface area contributed by atoms with Gasteiger partial charge in [-0.15, -0.1) is 0 Å². The molecule has 5 nitrogen and oxygen atoms in total. The Morgan fingerprint density at radius 3 is 2.71 bits per heavy atom. The molecule has 1 fully saturated rings. The van der Waals surface area contributed by atoms with Crippen LogP contribution in [0.25, 0.3) is 11.0 Å². The Hall–Kier alpha value is -1.88. The van der Waals surface area contributed by atoms with Gasteiger partial charge in [-0.25, -0.2) is 4.79 Å². The normalized spacial score (nSPS) is 16.4. The van der Waals surface area contributed by atoms with Crippen LogP contribution in [0, 0.1) is 6.42 Å². The number of benzene rings is 1. The maximum atomic E-state index is 12.2. The second kappa shape index (κ2) is 6.26. The van der Waals surface area contributed by atoms with Crippen molar-refractivity contribution in [3.8, 4) is 0 Å². The molecule has 1 aliphatic rings. The van der Waals surface area contributed by atoms with Gasteiger partial charge in [-0.3, -0.25) is 4.79 Å². The maximum Gasteiger partial charge on any atom is 0.323 e. The van der Waals surface area contributed by atoms with E-state index < -0.39 is 0 Å². The van der Waals surface area contributed by atoms with E-state index in [-0.39, 0.29) is 11.5 Å². The molecule has 0 spiro atoms. The third-order valence-corrected chi connectivity index (χ3v) is 4.02. The predicted octanol–water partition coefficient (Wildman–Crippen LogP) is 2.12. The fourth-order valence-electron chi connectivity index (χ4n) is 2.84. The van der Waals surface area contributed by atoms with Crippen LogP contribution in [-0.2, 0) is 0 Å². The van der Waals surface area contributed by atoms with Gasteiger partial charge in [0.05, 0.1) is 11.0 Å². The van der Waals surface area contributed by atoms with E-state index in [4.69, 9.17) is 0 Å². The highest BCUT2D eigenvalue weighted by atomic mass is 16.1. The minimum absolute atomic E-state index is 0.141.